The second-order valence-corrected chi connectivity index (χ2v) is 6.58. The van der Waals surface area contributed by atoms with Crippen LogP contribution < -0.4 is 0 Å². The fourth-order valence-corrected chi connectivity index (χ4v) is 3.91. The van der Waals surface area contributed by atoms with Crippen LogP contribution >= 0.6 is 11.6 Å². The molecule has 1 atom stereocenters. The van der Waals surface area contributed by atoms with E-state index in [1.54, 1.807) is 0 Å². The molecule has 2 rings (SSSR count). The van der Waals surface area contributed by atoms with E-state index >= 15 is 0 Å². The van der Waals surface area contributed by atoms with Crippen molar-refractivity contribution in [3.05, 3.63) is 29.3 Å². The Kier molecular flexibility index (Phi) is 4.13. The highest BCUT2D eigenvalue weighted by Crippen LogP contribution is 2.27. The number of sulfonamides is 1. The molecule has 19 heavy (non-hydrogen) atoms. The maximum absolute atomic E-state index is 12.5. The highest BCUT2D eigenvalue weighted by Gasteiger charge is 2.39. The first-order valence-electron chi connectivity index (χ1n) is 5.82. The van der Waals surface area contributed by atoms with E-state index in [4.69, 9.17) is 11.6 Å². The van der Waals surface area contributed by atoms with Gasteiger partial charge < -0.3 is 4.74 Å². The first-order valence-corrected chi connectivity index (χ1v) is 7.64. The molecule has 0 aromatic heterocycles. The van der Waals surface area contributed by atoms with Crippen LogP contribution in [0.1, 0.15) is 12.8 Å². The molecule has 0 spiro atoms. The molecule has 104 valence electrons. The molecular weight excluding hydrogens is 290 g/mol. The highest BCUT2D eigenvalue weighted by atomic mass is 35.5. The quantitative estimate of drug-likeness (QED) is 0.797. The van der Waals surface area contributed by atoms with Gasteiger partial charge >= 0.3 is 5.97 Å². The predicted molar refractivity (Wildman–Crippen MR) is 70.4 cm³/mol. The Morgan fingerprint density at radius 3 is 2.58 bits per heavy atom. The van der Waals surface area contributed by atoms with E-state index < -0.39 is 22.0 Å². The third kappa shape index (κ3) is 2.75. The molecule has 1 fully saturated rings. The molecular formula is C12H14ClNO4S. The number of carbonyl (C=O) groups is 1. The van der Waals surface area contributed by atoms with Crippen molar-refractivity contribution in [2.45, 2.75) is 23.8 Å². The van der Waals surface area contributed by atoms with Gasteiger partial charge in [-0.3, -0.25) is 4.79 Å². The zero-order valence-electron chi connectivity index (χ0n) is 10.4. The van der Waals surface area contributed by atoms with Crippen molar-refractivity contribution in [3.63, 3.8) is 0 Å². The lowest BCUT2D eigenvalue weighted by molar-refractivity contribution is -0.144. The number of ether oxygens (including phenoxy) is 1. The number of nitrogens with zero attached hydrogens (tertiary/aromatic N) is 1. The number of methoxy groups -OCH3 is 1. The van der Waals surface area contributed by atoms with E-state index in [2.05, 4.69) is 4.74 Å². The minimum Gasteiger partial charge on any atom is -0.468 e. The van der Waals surface area contributed by atoms with Gasteiger partial charge in [0.2, 0.25) is 10.0 Å². The average molecular weight is 304 g/mol. The summed E-state index contributed by atoms with van der Waals surface area (Å²) in [5, 5.41) is 0.463. The summed E-state index contributed by atoms with van der Waals surface area (Å²) in [7, 11) is -2.43. The topological polar surface area (TPSA) is 63.7 Å². The third-order valence-corrected chi connectivity index (χ3v) is 5.27. The van der Waals surface area contributed by atoms with Crippen molar-refractivity contribution in [2.75, 3.05) is 13.7 Å². The second kappa shape index (κ2) is 5.48. The molecule has 0 bridgehead atoms. The molecule has 1 heterocycles. The lowest BCUT2D eigenvalue weighted by Crippen LogP contribution is -2.40. The SMILES string of the molecule is COC(=O)[C@@H]1CCCN1S(=O)(=O)c1ccc(Cl)cc1. The van der Waals surface area contributed by atoms with Gasteiger partial charge in [-0.2, -0.15) is 4.31 Å². The maximum Gasteiger partial charge on any atom is 0.324 e. The summed E-state index contributed by atoms with van der Waals surface area (Å²) in [6, 6.07) is 5.16. The van der Waals surface area contributed by atoms with Crippen molar-refractivity contribution in [2.24, 2.45) is 0 Å². The Balaban J connectivity index is 2.33. The number of esters is 1. The smallest absolute Gasteiger partial charge is 0.324 e. The average Bonchev–Trinajstić information content (AvgIpc) is 2.88. The van der Waals surface area contributed by atoms with E-state index in [9.17, 15) is 13.2 Å². The summed E-state index contributed by atoms with van der Waals surface area (Å²) in [6.07, 6.45) is 1.13. The second-order valence-electron chi connectivity index (χ2n) is 4.25. The molecule has 5 nitrogen and oxygen atoms in total. The molecule has 1 saturated heterocycles. The van der Waals surface area contributed by atoms with E-state index in [0.29, 0.717) is 24.4 Å². The van der Waals surface area contributed by atoms with Crippen molar-refractivity contribution in [1.29, 1.82) is 0 Å². The fraction of sp³-hybridized carbons (Fsp3) is 0.417. The van der Waals surface area contributed by atoms with Crippen LogP contribution in [0, 0.1) is 0 Å². The summed E-state index contributed by atoms with van der Waals surface area (Å²) < 4.78 is 30.7. The van der Waals surface area contributed by atoms with Crippen molar-refractivity contribution in [3.8, 4) is 0 Å². The van der Waals surface area contributed by atoms with E-state index in [1.807, 2.05) is 0 Å². The zero-order chi connectivity index (χ0) is 14.0. The molecule has 0 unspecified atom stereocenters. The number of rotatable bonds is 3. The fourth-order valence-electron chi connectivity index (χ4n) is 2.14. The molecule has 7 heteroatoms. The Labute approximate surface area is 117 Å². The first-order chi connectivity index (χ1) is 8.96. The van der Waals surface area contributed by atoms with Crippen molar-refractivity contribution in [1.82, 2.24) is 4.31 Å². The minimum absolute atomic E-state index is 0.132. The molecule has 0 saturated carbocycles. The molecule has 1 aliphatic rings. The number of hydrogen-bond donors (Lipinski definition) is 0. The normalized spacial score (nSPS) is 20.4. The summed E-state index contributed by atoms with van der Waals surface area (Å²) >= 11 is 5.74. The van der Waals surface area contributed by atoms with Gasteiger partial charge in [0.1, 0.15) is 6.04 Å². The van der Waals surface area contributed by atoms with Gasteiger partial charge in [-0.05, 0) is 37.1 Å². The van der Waals surface area contributed by atoms with Crippen LogP contribution in [0.2, 0.25) is 5.02 Å². The monoisotopic (exact) mass is 303 g/mol. The summed E-state index contributed by atoms with van der Waals surface area (Å²) in [5.74, 6) is -0.518. The molecule has 1 aromatic carbocycles. The van der Waals surface area contributed by atoms with Crippen LogP contribution in [-0.2, 0) is 19.6 Å². The Morgan fingerprint density at radius 1 is 1.37 bits per heavy atom. The highest BCUT2D eigenvalue weighted by molar-refractivity contribution is 7.89. The van der Waals surface area contributed by atoms with Gasteiger partial charge in [0.25, 0.3) is 0 Å². The van der Waals surface area contributed by atoms with Crippen LogP contribution in [0.3, 0.4) is 0 Å². The summed E-state index contributed by atoms with van der Waals surface area (Å²) in [6.45, 7) is 0.324. The van der Waals surface area contributed by atoms with Crippen LogP contribution in [0.15, 0.2) is 29.2 Å². The zero-order valence-corrected chi connectivity index (χ0v) is 11.9. The Hall–Kier alpha value is -1.11. The Bertz CT molecular complexity index is 570. The van der Waals surface area contributed by atoms with E-state index in [-0.39, 0.29) is 4.90 Å². The van der Waals surface area contributed by atoms with E-state index in [0.717, 1.165) is 0 Å². The lowest BCUT2D eigenvalue weighted by Gasteiger charge is -2.22. The van der Waals surface area contributed by atoms with Crippen LogP contribution in [0.5, 0.6) is 0 Å². The van der Waals surface area contributed by atoms with Crippen molar-refractivity contribution >= 4 is 27.6 Å². The molecule has 1 aliphatic heterocycles. The minimum atomic E-state index is -3.69. The number of carbonyl (C=O) groups excluding carboxylic acids is 1. The Morgan fingerprint density at radius 2 is 2.00 bits per heavy atom. The van der Waals surface area contributed by atoms with Crippen LogP contribution in [0.4, 0.5) is 0 Å². The van der Waals surface area contributed by atoms with E-state index in [1.165, 1.54) is 35.7 Å². The molecule has 0 radical (unpaired) electrons. The van der Waals surface area contributed by atoms with Gasteiger partial charge in [-0.1, -0.05) is 11.6 Å². The first kappa shape index (κ1) is 14.3. The van der Waals surface area contributed by atoms with Gasteiger partial charge in [0.05, 0.1) is 12.0 Å². The summed E-state index contributed by atoms with van der Waals surface area (Å²) in [5.41, 5.74) is 0. The number of benzene rings is 1. The van der Waals surface area contributed by atoms with Crippen LogP contribution in [0.25, 0.3) is 0 Å². The third-order valence-electron chi connectivity index (χ3n) is 3.10. The standard InChI is InChI=1S/C12H14ClNO4S/c1-18-12(15)11-3-2-8-14(11)19(16,17)10-6-4-9(13)5-7-10/h4-7,11H,2-3,8H2,1H3/t11-/m0/s1. The predicted octanol–water partition coefficient (Wildman–Crippen LogP) is 1.67. The summed E-state index contributed by atoms with van der Waals surface area (Å²) in [4.78, 5) is 11.7. The number of halogens is 1. The van der Waals surface area contributed by atoms with Gasteiger partial charge in [0.15, 0.2) is 0 Å². The van der Waals surface area contributed by atoms with Gasteiger partial charge in [0, 0.05) is 11.6 Å². The largest absolute Gasteiger partial charge is 0.468 e. The van der Waals surface area contributed by atoms with Crippen molar-refractivity contribution < 1.29 is 17.9 Å². The molecule has 1 aromatic rings. The van der Waals surface area contributed by atoms with Gasteiger partial charge in [-0.15, -0.1) is 0 Å². The van der Waals surface area contributed by atoms with Crippen LogP contribution in [-0.4, -0.2) is 38.4 Å². The molecule has 0 amide bonds. The molecule has 0 N–H and O–H groups in total. The van der Waals surface area contributed by atoms with Gasteiger partial charge in [-0.25, -0.2) is 8.42 Å². The maximum atomic E-state index is 12.5. The number of hydrogen-bond acceptors (Lipinski definition) is 4. The lowest BCUT2D eigenvalue weighted by atomic mass is 10.2. The molecule has 0 aliphatic carbocycles.